The number of anilines is 1. The maximum absolute atomic E-state index is 2.42. The fourth-order valence-corrected chi connectivity index (χ4v) is 4.91. The Morgan fingerprint density at radius 1 is 1.14 bits per heavy atom. The van der Waals surface area contributed by atoms with Gasteiger partial charge in [0.25, 0.3) is 0 Å². The van der Waals surface area contributed by atoms with Gasteiger partial charge in [0.05, 0.1) is 0 Å². The number of nitrogens with zero attached hydrogens (tertiary/aromatic N) is 1. The van der Waals surface area contributed by atoms with Gasteiger partial charge >= 0.3 is 93.9 Å². The van der Waals surface area contributed by atoms with Crippen molar-refractivity contribution in [1.29, 1.82) is 0 Å². The first-order chi connectivity index (χ1) is 6.86. The third-order valence-corrected chi connectivity index (χ3v) is 5.96. The number of hydrogen-bond donors (Lipinski definition) is 0. The Labute approximate surface area is 93.8 Å². The molecule has 0 atom stereocenters. The molecular weight excluding hydrogens is 286 g/mol. The Morgan fingerprint density at radius 3 is 2.93 bits per heavy atom. The molecule has 0 radical (unpaired) electrons. The molecule has 1 heterocycles. The van der Waals surface area contributed by atoms with Crippen molar-refractivity contribution >= 4 is 41.0 Å². The van der Waals surface area contributed by atoms with Gasteiger partial charge in [-0.3, -0.25) is 0 Å². The molecular formula is C12H11NTe. The summed E-state index contributed by atoms with van der Waals surface area (Å²) in [4.78, 5) is 2.42. The molecule has 0 fully saturated rings. The topological polar surface area (TPSA) is 3.24 Å². The second-order valence-electron chi connectivity index (χ2n) is 3.60. The molecule has 0 N–H and O–H groups in total. The zero-order chi connectivity index (χ0) is 9.54. The average molecular weight is 297 g/mol. The summed E-state index contributed by atoms with van der Waals surface area (Å²) in [5.41, 5.74) is 1.49. The predicted octanol–water partition coefficient (Wildman–Crippen LogP) is 1.58. The monoisotopic (exact) mass is 299 g/mol. The summed E-state index contributed by atoms with van der Waals surface area (Å²) in [6.45, 7) is 0. The molecule has 0 amide bonds. The molecule has 14 heavy (non-hydrogen) atoms. The molecule has 3 rings (SSSR count). The van der Waals surface area contributed by atoms with Crippen LogP contribution in [-0.4, -0.2) is 32.6 Å². The summed E-state index contributed by atoms with van der Waals surface area (Å²) < 4.78 is 2.91. The van der Waals surface area contributed by atoms with Gasteiger partial charge in [0.15, 0.2) is 0 Å². The van der Waals surface area contributed by atoms with Gasteiger partial charge in [0.2, 0.25) is 0 Å². The quantitative estimate of drug-likeness (QED) is 0.667. The van der Waals surface area contributed by atoms with Gasteiger partial charge in [-0.2, -0.15) is 0 Å². The van der Waals surface area contributed by atoms with Crippen LogP contribution in [0.15, 0.2) is 36.4 Å². The van der Waals surface area contributed by atoms with Gasteiger partial charge in [-0.15, -0.1) is 0 Å². The molecule has 0 aromatic heterocycles. The Hall–Kier alpha value is -0.710. The number of hydrogen-bond acceptors (Lipinski definition) is 1. The van der Waals surface area contributed by atoms with Crippen molar-refractivity contribution in [3.8, 4) is 0 Å². The van der Waals surface area contributed by atoms with E-state index in [1.54, 1.807) is 3.61 Å². The molecule has 2 aromatic rings. The van der Waals surface area contributed by atoms with E-state index in [-0.39, 0.29) is 20.9 Å². The summed E-state index contributed by atoms with van der Waals surface area (Å²) >= 11 is 0.0592. The summed E-state index contributed by atoms with van der Waals surface area (Å²) in [7, 11) is 2.21. The molecule has 70 valence electrons. The van der Waals surface area contributed by atoms with E-state index in [1.807, 2.05) is 0 Å². The van der Waals surface area contributed by atoms with Crippen LogP contribution in [0.5, 0.6) is 0 Å². The van der Waals surface area contributed by atoms with Crippen LogP contribution in [0.4, 0.5) is 5.69 Å². The van der Waals surface area contributed by atoms with Crippen LogP contribution in [0.2, 0.25) is 0 Å². The number of benzene rings is 2. The van der Waals surface area contributed by atoms with Gasteiger partial charge in [0, 0.05) is 0 Å². The first-order valence-electron chi connectivity index (χ1n) is 4.72. The van der Waals surface area contributed by atoms with E-state index in [9.17, 15) is 0 Å². The molecule has 0 saturated heterocycles. The Morgan fingerprint density at radius 2 is 2.00 bits per heavy atom. The normalized spacial score (nSPS) is 14.8. The van der Waals surface area contributed by atoms with E-state index < -0.39 is 0 Å². The molecule has 0 unspecified atom stereocenters. The molecule has 2 aromatic carbocycles. The van der Waals surface area contributed by atoms with Gasteiger partial charge in [0.1, 0.15) is 0 Å². The predicted molar refractivity (Wildman–Crippen MR) is 62.6 cm³/mol. The molecule has 1 aliphatic heterocycles. The van der Waals surface area contributed by atoms with Crippen LogP contribution >= 0.6 is 0 Å². The fourth-order valence-electron chi connectivity index (χ4n) is 1.98. The van der Waals surface area contributed by atoms with Crippen molar-refractivity contribution in [2.75, 3.05) is 16.5 Å². The van der Waals surface area contributed by atoms with Crippen molar-refractivity contribution in [2.45, 2.75) is 0 Å². The number of fused-ring (bicyclic) bond motifs is 3. The molecule has 0 spiro atoms. The zero-order valence-corrected chi connectivity index (χ0v) is 10.4. The minimum atomic E-state index is 0.0592. The van der Waals surface area contributed by atoms with Crippen LogP contribution in [0.3, 0.4) is 0 Å². The van der Waals surface area contributed by atoms with Crippen LogP contribution in [0.1, 0.15) is 0 Å². The van der Waals surface area contributed by atoms with Crippen molar-refractivity contribution < 1.29 is 0 Å². The van der Waals surface area contributed by atoms with E-state index in [1.165, 1.54) is 21.1 Å². The summed E-state index contributed by atoms with van der Waals surface area (Å²) in [6.07, 6.45) is 0. The van der Waals surface area contributed by atoms with Crippen LogP contribution < -0.4 is 8.51 Å². The Kier molecular flexibility index (Phi) is 1.93. The molecule has 1 nitrogen and oxygen atoms in total. The molecule has 0 saturated carbocycles. The van der Waals surface area contributed by atoms with Crippen molar-refractivity contribution in [1.82, 2.24) is 0 Å². The first-order valence-corrected chi connectivity index (χ1v) is 7.53. The molecule has 1 aliphatic rings. The second-order valence-corrected chi connectivity index (χ2v) is 6.42. The fraction of sp³-hybridized carbons (Fsp3) is 0.167. The van der Waals surface area contributed by atoms with Gasteiger partial charge in [-0.1, -0.05) is 0 Å². The summed E-state index contributed by atoms with van der Waals surface area (Å²) in [5.74, 6) is 0. The zero-order valence-electron chi connectivity index (χ0n) is 8.03. The van der Waals surface area contributed by atoms with E-state index in [0.717, 1.165) is 0 Å². The van der Waals surface area contributed by atoms with Crippen molar-refractivity contribution in [3.63, 3.8) is 0 Å². The minimum absolute atomic E-state index is 0.0592. The Bertz CT molecular complexity index is 493. The summed E-state index contributed by atoms with van der Waals surface area (Å²) in [6, 6.07) is 13.3. The van der Waals surface area contributed by atoms with E-state index >= 15 is 0 Å². The standard InChI is InChI=1S/C12H11NTe/c1-13-8-14-11-7-6-9-4-2-3-5-10(9)12(11)13/h2-7H,8H2,1H3. The molecule has 0 bridgehead atoms. The Balaban J connectivity index is 2.41. The molecule has 2 heteroatoms. The van der Waals surface area contributed by atoms with E-state index in [0.29, 0.717) is 0 Å². The first kappa shape index (κ1) is 8.59. The summed E-state index contributed by atoms with van der Waals surface area (Å²) in [5, 5.41) is 2.79. The van der Waals surface area contributed by atoms with Crippen LogP contribution in [0, 0.1) is 0 Å². The van der Waals surface area contributed by atoms with Crippen LogP contribution in [0.25, 0.3) is 10.8 Å². The third kappa shape index (κ3) is 1.15. The van der Waals surface area contributed by atoms with Gasteiger partial charge in [-0.25, -0.2) is 0 Å². The van der Waals surface area contributed by atoms with Crippen molar-refractivity contribution in [2.24, 2.45) is 0 Å². The van der Waals surface area contributed by atoms with E-state index in [2.05, 4.69) is 48.3 Å². The second kappa shape index (κ2) is 3.15. The van der Waals surface area contributed by atoms with Gasteiger partial charge < -0.3 is 0 Å². The average Bonchev–Trinajstić information content (AvgIpc) is 2.61. The number of rotatable bonds is 0. The SMILES string of the molecule is CN1C[Te]c2ccc3ccccc3c21. The van der Waals surface area contributed by atoms with E-state index in [4.69, 9.17) is 0 Å². The maximum atomic E-state index is 2.42. The van der Waals surface area contributed by atoms with Crippen molar-refractivity contribution in [3.05, 3.63) is 36.4 Å². The molecule has 0 aliphatic carbocycles. The van der Waals surface area contributed by atoms with Gasteiger partial charge in [-0.05, 0) is 0 Å². The van der Waals surface area contributed by atoms with Crippen LogP contribution in [-0.2, 0) is 0 Å². The third-order valence-electron chi connectivity index (χ3n) is 2.66.